The summed E-state index contributed by atoms with van der Waals surface area (Å²) >= 11 is 0. The Morgan fingerprint density at radius 3 is 1.17 bits per heavy atom. The van der Waals surface area contributed by atoms with Crippen LogP contribution in [-0.2, 0) is 0 Å². The molecule has 0 unspecified atom stereocenters. The third kappa shape index (κ3) is 7.82. The lowest BCUT2D eigenvalue weighted by Gasteiger charge is -2.21. The van der Waals surface area contributed by atoms with Crippen LogP contribution in [0.15, 0.2) is 249 Å². The molecule has 69 heavy (non-hydrogen) atoms. The maximum atomic E-state index is 10.0. The van der Waals surface area contributed by atoms with Crippen molar-refractivity contribution in [3.05, 3.63) is 254 Å². The van der Waals surface area contributed by atoms with Gasteiger partial charge >= 0.3 is 0 Å². The summed E-state index contributed by atoms with van der Waals surface area (Å²) in [5.74, 6) is 1.69. The summed E-state index contributed by atoms with van der Waals surface area (Å²) < 4.78 is 2.36. The average Bonchev–Trinajstić information content (AvgIpc) is 3.76. The summed E-state index contributed by atoms with van der Waals surface area (Å²) in [7, 11) is 0. The van der Waals surface area contributed by atoms with E-state index in [1.807, 2.05) is 30.3 Å². The van der Waals surface area contributed by atoms with Crippen LogP contribution in [-0.4, -0.2) is 19.5 Å². The monoisotopic (exact) mass is 879 g/mol. The molecule has 0 radical (unpaired) electrons. The van der Waals surface area contributed by atoms with Crippen molar-refractivity contribution in [2.45, 2.75) is 0 Å². The van der Waals surface area contributed by atoms with Gasteiger partial charge in [-0.15, -0.1) is 0 Å². The maximum Gasteiger partial charge on any atom is 0.164 e. The van der Waals surface area contributed by atoms with Gasteiger partial charge in [-0.05, 0) is 99.1 Å². The molecule has 0 aliphatic carbocycles. The third-order valence-electron chi connectivity index (χ3n) is 12.9. The zero-order valence-corrected chi connectivity index (χ0v) is 37.4. The van der Waals surface area contributed by atoms with Gasteiger partial charge in [-0.2, -0.15) is 5.26 Å². The Balaban J connectivity index is 1.14. The van der Waals surface area contributed by atoms with Crippen molar-refractivity contribution in [3.63, 3.8) is 0 Å². The van der Waals surface area contributed by atoms with E-state index in [2.05, 4.69) is 229 Å². The van der Waals surface area contributed by atoms with Crippen molar-refractivity contribution in [2.24, 2.45) is 0 Å². The largest absolute Gasteiger partial charge is 0.308 e. The molecule has 5 nitrogen and oxygen atoms in total. The fourth-order valence-electron chi connectivity index (χ4n) is 9.52. The van der Waals surface area contributed by atoms with Gasteiger partial charge < -0.3 is 4.57 Å². The van der Waals surface area contributed by atoms with Crippen molar-refractivity contribution >= 4 is 21.8 Å². The average molecular weight is 880 g/mol. The van der Waals surface area contributed by atoms with Crippen LogP contribution in [0.2, 0.25) is 0 Å². The number of rotatable bonds is 9. The number of nitrogens with zero attached hydrogens (tertiary/aromatic N) is 5. The summed E-state index contributed by atoms with van der Waals surface area (Å²) in [5, 5.41) is 12.1. The molecule has 0 spiro atoms. The number of hydrogen-bond donors (Lipinski definition) is 0. The minimum absolute atomic E-state index is 0.551. The molecular formula is C64H41N5. The molecule has 2 aromatic heterocycles. The summed E-state index contributed by atoms with van der Waals surface area (Å²) in [4.78, 5) is 16.2. The Kier molecular flexibility index (Phi) is 10.5. The Labute approximate surface area is 400 Å². The first-order valence-electron chi connectivity index (χ1n) is 23.1. The molecule has 0 bridgehead atoms. The van der Waals surface area contributed by atoms with Crippen LogP contribution in [0.4, 0.5) is 0 Å². The van der Waals surface area contributed by atoms with Gasteiger partial charge in [0.2, 0.25) is 0 Å². The smallest absolute Gasteiger partial charge is 0.164 e. The normalized spacial score (nSPS) is 11.2. The molecule has 322 valence electrons. The van der Waals surface area contributed by atoms with Crippen LogP contribution in [0.1, 0.15) is 5.56 Å². The highest BCUT2D eigenvalue weighted by Gasteiger charge is 2.24. The highest BCUT2D eigenvalue weighted by Crippen LogP contribution is 2.44. The summed E-state index contributed by atoms with van der Waals surface area (Å²) in [5.41, 5.74) is 17.0. The summed E-state index contributed by atoms with van der Waals surface area (Å²) in [6, 6.07) is 88.9. The van der Waals surface area contributed by atoms with Gasteiger partial charge in [0.05, 0.1) is 28.4 Å². The second-order valence-corrected chi connectivity index (χ2v) is 17.1. The molecule has 0 atom stereocenters. The van der Waals surface area contributed by atoms with E-state index in [9.17, 15) is 5.26 Å². The molecule has 0 amide bonds. The fraction of sp³-hybridized carbons (Fsp3) is 0. The molecule has 0 saturated carbocycles. The van der Waals surface area contributed by atoms with Gasteiger partial charge in [-0.25, -0.2) is 15.0 Å². The van der Waals surface area contributed by atoms with E-state index in [1.165, 1.54) is 0 Å². The minimum atomic E-state index is 0.551. The van der Waals surface area contributed by atoms with Crippen molar-refractivity contribution in [1.82, 2.24) is 19.5 Å². The van der Waals surface area contributed by atoms with Crippen LogP contribution in [0, 0.1) is 11.3 Å². The Morgan fingerprint density at radius 1 is 0.290 bits per heavy atom. The van der Waals surface area contributed by atoms with Crippen molar-refractivity contribution in [2.75, 3.05) is 0 Å². The zero-order chi connectivity index (χ0) is 46.1. The van der Waals surface area contributed by atoms with Crippen LogP contribution in [0.3, 0.4) is 0 Å². The van der Waals surface area contributed by atoms with E-state index in [4.69, 9.17) is 15.0 Å². The first-order valence-corrected chi connectivity index (χ1v) is 23.1. The van der Waals surface area contributed by atoms with Gasteiger partial charge in [-0.3, -0.25) is 0 Å². The third-order valence-corrected chi connectivity index (χ3v) is 12.9. The molecule has 2 heterocycles. The first-order chi connectivity index (χ1) is 34.1. The predicted molar refractivity (Wildman–Crippen MR) is 282 cm³/mol. The summed E-state index contributed by atoms with van der Waals surface area (Å²) in [6.45, 7) is 0. The molecule has 0 N–H and O–H groups in total. The van der Waals surface area contributed by atoms with Crippen LogP contribution in [0.25, 0.3) is 117 Å². The standard InChI is InChI=1S/C64H41N5/c65-42-43-30-35-60-58(36-43)55-28-16-17-29-59(55)69(60)61-56(48-24-12-4-13-25-48)40-54(41-57(61)49-26-14-5-15-27-49)64-67-62(50-33-31-47(32-34-50)44-18-6-1-7-19-44)66-63(68-64)53-38-51(45-20-8-2-9-21-45)37-52(39-53)46-22-10-3-11-23-46/h1-41H. The van der Waals surface area contributed by atoms with Crippen LogP contribution in [0.5, 0.6) is 0 Å². The lowest BCUT2D eigenvalue weighted by atomic mass is 9.92. The molecule has 0 fully saturated rings. The number of para-hydroxylation sites is 1. The first kappa shape index (κ1) is 41.0. The number of aromatic nitrogens is 4. The molecule has 12 rings (SSSR count). The van der Waals surface area contributed by atoms with Crippen LogP contribution >= 0.6 is 0 Å². The molecule has 0 aliphatic rings. The van der Waals surface area contributed by atoms with E-state index in [0.29, 0.717) is 23.0 Å². The predicted octanol–water partition coefficient (Wildman–Crippen LogP) is 16.2. The van der Waals surface area contributed by atoms with Gasteiger partial charge in [0.1, 0.15) is 0 Å². The van der Waals surface area contributed by atoms with Gasteiger partial charge in [0.25, 0.3) is 0 Å². The zero-order valence-electron chi connectivity index (χ0n) is 37.4. The van der Waals surface area contributed by atoms with Crippen molar-refractivity contribution < 1.29 is 0 Å². The SMILES string of the molecule is N#Cc1ccc2c(c1)c1ccccc1n2-c1c(-c2ccccc2)cc(-c2nc(-c3ccc(-c4ccccc4)cc3)nc(-c3cc(-c4ccccc4)cc(-c4ccccc4)c3)n2)cc1-c1ccccc1. The number of nitriles is 1. The van der Waals surface area contributed by atoms with Gasteiger partial charge in [0.15, 0.2) is 17.5 Å². The van der Waals surface area contributed by atoms with Crippen molar-refractivity contribution in [3.8, 4) is 102 Å². The fourth-order valence-corrected chi connectivity index (χ4v) is 9.52. The van der Waals surface area contributed by atoms with Crippen LogP contribution < -0.4 is 0 Å². The molecular weight excluding hydrogens is 839 g/mol. The quantitative estimate of drug-likeness (QED) is 0.145. The number of fused-ring (bicyclic) bond motifs is 3. The van der Waals surface area contributed by atoms with E-state index in [1.54, 1.807) is 0 Å². The Hall–Kier alpha value is -9.50. The van der Waals surface area contributed by atoms with E-state index in [0.717, 1.165) is 99.8 Å². The highest BCUT2D eigenvalue weighted by molar-refractivity contribution is 6.11. The Morgan fingerprint density at radius 2 is 0.667 bits per heavy atom. The molecule has 5 heteroatoms. The molecule has 12 aromatic rings. The highest BCUT2D eigenvalue weighted by atomic mass is 15.0. The maximum absolute atomic E-state index is 10.0. The second kappa shape index (κ2) is 17.7. The lowest BCUT2D eigenvalue weighted by Crippen LogP contribution is -2.04. The van der Waals surface area contributed by atoms with Crippen molar-refractivity contribution in [1.29, 1.82) is 5.26 Å². The van der Waals surface area contributed by atoms with E-state index >= 15 is 0 Å². The molecule has 10 aromatic carbocycles. The van der Waals surface area contributed by atoms with E-state index in [-0.39, 0.29) is 0 Å². The number of hydrogen-bond acceptors (Lipinski definition) is 4. The van der Waals surface area contributed by atoms with E-state index < -0.39 is 0 Å². The molecule has 0 saturated heterocycles. The number of benzene rings is 10. The minimum Gasteiger partial charge on any atom is -0.308 e. The van der Waals surface area contributed by atoms with Gasteiger partial charge in [0, 0.05) is 38.6 Å². The molecule has 0 aliphatic heterocycles. The Bertz CT molecular complexity index is 3740. The second-order valence-electron chi connectivity index (χ2n) is 17.1. The summed E-state index contributed by atoms with van der Waals surface area (Å²) in [6.07, 6.45) is 0. The topological polar surface area (TPSA) is 67.4 Å². The van der Waals surface area contributed by atoms with Gasteiger partial charge in [-0.1, -0.05) is 194 Å². The lowest BCUT2D eigenvalue weighted by molar-refractivity contribution is 1.07.